The Kier molecular flexibility index (Phi) is 44.7. The summed E-state index contributed by atoms with van der Waals surface area (Å²) in [4.78, 5) is 93.5. The van der Waals surface area contributed by atoms with Gasteiger partial charge in [0.05, 0.1) is 117 Å². The summed E-state index contributed by atoms with van der Waals surface area (Å²) in [6.07, 6.45) is 7.59. The van der Waals surface area contributed by atoms with Crippen LogP contribution < -0.4 is 10.6 Å². The van der Waals surface area contributed by atoms with Crippen molar-refractivity contribution in [3.8, 4) is 0 Å². The molecule has 78 heavy (non-hydrogen) atoms. The molecule has 0 saturated heterocycles. The number of amides is 2. The maximum atomic E-state index is 12.4. The van der Waals surface area contributed by atoms with Gasteiger partial charge in [0.2, 0.25) is 0 Å². The molecule has 0 saturated carbocycles. The van der Waals surface area contributed by atoms with Crippen LogP contribution in [0.25, 0.3) is 0 Å². The molecule has 0 rings (SSSR count). The normalized spacial score (nSPS) is 10.9. The fourth-order valence-corrected chi connectivity index (χ4v) is 5.84. The number of unbranched alkanes of at least 4 members (excludes halogenated alkanes) is 3. The lowest BCUT2D eigenvalue weighted by molar-refractivity contribution is -0.147. The Hall–Kier alpha value is -6.52. The van der Waals surface area contributed by atoms with Gasteiger partial charge in [-0.3, -0.25) is 0 Å². The third-order valence-electron chi connectivity index (χ3n) is 9.66. The van der Waals surface area contributed by atoms with Gasteiger partial charge in [0.25, 0.3) is 0 Å². The largest absolute Gasteiger partial charge is 0.460 e. The van der Waals surface area contributed by atoms with Crippen LogP contribution in [0.4, 0.5) is 9.59 Å². The lowest BCUT2D eigenvalue weighted by atomic mass is 9.92. The number of rotatable bonds is 53. The smallest absolute Gasteiger partial charge is 0.407 e. The van der Waals surface area contributed by atoms with Gasteiger partial charge in [-0.15, -0.1) is 0 Å². The highest BCUT2D eigenvalue weighted by molar-refractivity contribution is 5.82. The first-order chi connectivity index (χ1) is 37.7. The summed E-state index contributed by atoms with van der Waals surface area (Å²) in [5.41, 5.74) is -1.95. The highest BCUT2D eigenvalue weighted by Gasteiger charge is 2.34. The van der Waals surface area contributed by atoms with Gasteiger partial charge in [0.15, 0.2) is 0 Å². The quantitative estimate of drug-likeness (QED) is 0.0382. The van der Waals surface area contributed by atoms with Gasteiger partial charge in [0.1, 0.15) is 52.9 Å². The standard InChI is InChI=1S/C52H80N2O24/c1-7-43(55)71-27-19-63-35-51(36-64-20-28-72-44(56)8-2,37-65-21-29-73-45(57)9-3)41-69-25-33-77-49(61)53-17-15-13-14-16-18-54-50(62)78-34-26-70-42-52(38-66-22-30-74-46(58)10-4,39-67-23-31-75-47(59)11-5)40-68-24-32-76-48(60)12-6/h7-12H,1-6,13-42H2,(H,53,61)(H,54,62). The second kappa shape index (κ2) is 48.8. The zero-order chi connectivity index (χ0) is 57.8. The van der Waals surface area contributed by atoms with Crippen molar-refractivity contribution in [2.24, 2.45) is 10.8 Å². The van der Waals surface area contributed by atoms with Crippen LogP contribution >= 0.6 is 0 Å². The fraction of sp³-hybridized carbons (Fsp3) is 0.615. The lowest BCUT2D eigenvalue weighted by Crippen LogP contribution is -2.43. The van der Waals surface area contributed by atoms with Crippen molar-refractivity contribution in [1.29, 1.82) is 0 Å². The van der Waals surface area contributed by atoms with E-state index in [1.54, 1.807) is 0 Å². The second-order valence-corrected chi connectivity index (χ2v) is 16.2. The van der Waals surface area contributed by atoms with Crippen LogP contribution in [0.1, 0.15) is 25.7 Å². The molecule has 0 aliphatic heterocycles. The van der Waals surface area contributed by atoms with E-state index >= 15 is 0 Å². The van der Waals surface area contributed by atoms with Gasteiger partial charge < -0.3 is 86.4 Å². The Balaban J connectivity index is 4.92. The molecule has 442 valence electrons. The van der Waals surface area contributed by atoms with Crippen LogP contribution in [0.15, 0.2) is 75.9 Å². The molecule has 26 heteroatoms. The van der Waals surface area contributed by atoms with Gasteiger partial charge in [-0.25, -0.2) is 38.4 Å². The molecule has 0 aliphatic rings. The van der Waals surface area contributed by atoms with E-state index in [2.05, 4.69) is 50.1 Å². The molecule has 0 atom stereocenters. The molecule has 0 aliphatic carbocycles. The van der Waals surface area contributed by atoms with E-state index in [1.807, 2.05) is 0 Å². The van der Waals surface area contributed by atoms with Crippen molar-refractivity contribution in [3.05, 3.63) is 75.9 Å². The number of ether oxygens (including phenoxy) is 16. The molecule has 0 heterocycles. The summed E-state index contributed by atoms with van der Waals surface area (Å²) in [5.74, 6) is -3.71. The average Bonchev–Trinajstić information content (AvgIpc) is 3.44. The van der Waals surface area contributed by atoms with Gasteiger partial charge in [0, 0.05) is 49.5 Å². The molecule has 0 aromatic rings. The maximum Gasteiger partial charge on any atom is 0.407 e. The van der Waals surface area contributed by atoms with E-state index in [-0.39, 0.29) is 159 Å². The Morgan fingerprint density at radius 1 is 0.269 bits per heavy atom. The maximum absolute atomic E-state index is 12.4. The number of hydrogen-bond acceptors (Lipinski definition) is 24. The van der Waals surface area contributed by atoms with E-state index in [0.717, 1.165) is 49.3 Å². The SMILES string of the molecule is C=CC(=O)OCCOCC(COCCOC(=O)C=C)(COCCOC(=O)C=C)COCCOC(=O)NCCCCCCNC(=O)OCCOCC(COCCOC(=O)C=C)(COCCOC(=O)C=C)COCCOC(=O)C=C. The summed E-state index contributed by atoms with van der Waals surface area (Å²) in [6.45, 7) is 20.3. The lowest BCUT2D eigenvalue weighted by Gasteiger charge is -2.33. The van der Waals surface area contributed by atoms with Crippen LogP contribution in [0.5, 0.6) is 0 Å². The predicted octanol–water partition coefficient (Wildman–Crippen LogP) is 2.48. The average molecular weight is 1120 g/mol. The van der Waals surface area contributed by atoms with Crippen molar-refractivity contribution in [1.82, 2.24) is 10.6 Å². The summed E-state index contributed by atoms with van der Waals surface area (Å²) < 4.78 is 86.8. The Labute approximate surface area is 455 Å². The predicted molar refractivity (Wildman–Crippen MR) is 276 cm³/mol. The third-order valence-corrected chi connectivity index (χ3v) is 9.66. The monoisotopic (exact) mass is 1120 g/mol. The molecule has 2 N–H and O–H groups in total. The first-order valence-electron chi connectivity index (χ1n) is 24.9. The van der Waals surface area contributed by atoms with E-state index in [0.29, 0.717) is 25.9 Å². The first kappa shape index (κ1) is 71.5. The molecule has 0 bridgehead atoms. The number of carbonyl (C=O) groups is 8. The minimum Gasteiger partial charge on any atom is -0.460 e. The van der Waals surface area contributed by atoms with Crippen LogP contribution in [-0.4, -0.2) is 220 Å². The Bertz CT molecular complexity index is 1520. The molecule has 0 radical (unpaired) electrons. The number of nitrogens with one attached hydrogen (secondary N) is 2. The number of esters is 6. The van der Waals surface area contributed by atoms with Crippen molar-refractivity contribution in [2.45, 2.75) is 25.7 Å². The highest BCUT2D eigenvalue weighted by Crippen LogP contribution is 2.22. The van der Waals surface area contributed by atoms with Crippen LogP contribution in [-0.2, 0) is 105 Å². The van der Waals surface area contributed by atoms with E-state index in [1.165, 1.54) is 0 Å². The third kappa shape index (κ3) is 41.6. The zero-order valence-electron chi connectivity index (χ0n) is 44.7. The minimum atomic E-state index is -0.975. The number of hydrogen-bond donors (Lipinski definition) is 2. The molecule has 26 nitrogen and oxygen atoms in total. The number of alkyl carbamates (subject to hydrolysis) is 2. The Morgan fingerprint density at radius 3 is 0.628 bits per heavy atom. The molecule has 0 spiro atoms. The van der Waals surface area contributed by atoms with E-state index in [4.69, 9.17) is 75.8 Å². The summed E-state index contributed by atoms with van der Waals surface area (Å²) in [5, 5.41) is 5.35. The van der Waals surface area contributed by atoms with Gasteiger partial charge in [-0.05, 0) is 12.8 Å². The molecule has 0 aromatic carbocycles. The second-order valence-electron chi connectivity index (χ2n) is 16.2. The molecular weight excluding hydrogens is 1040 g/mol. The van der Waals surface area contributed by atoms with Crippen LogP contribution in [0.2, 0.25) is 0 Å². The van der Waals surface area contributed by atoms with E-state index in [9.17, 15) is 38.4 Å². The summed E-state index contributed by atoms with van der Waals surface area (Å²) >= 11 is 0. The molecule has 0 fully saturated rings. The molecule has 2 amide bonds. The van der Waals surface area contributed by atoms with Crippen molar-refractivity contribution in [3.63, 3.8) is 0 Å². The van der Waals surface area contributed by atoms with Crippen molar-refractivity contribution >= 4 is 48.0 Å². The van der Waals surface area contributed by atoms with Gasteiger partial charge in [-0.1, -0.05) is 52.3 Å². The van der Waals surface area contributed by atoms with Crippen molar-refractivity contribution < 1.29 is 114 Å². The topological polar surface area (TPSA) is 308 Å². The first-order valence-corrected chi connectivity index (χ1v) is 24.9. The zero-order valence-corrected chi connectivity index (χ0v) is 44.7. The Morgan fingerprint density at radius 2 is 0.449 bits per heavy atom. The van der Waals surface area contributed by atoms with Gasteiger partial charge >= 0.3 is 48.0 Å². The number of carbonyl (C=O) groups excluding carboxylic acids is 8. The summed E-state index contributed by atoms with van der Waals surface area (Å²) in [6, 6.07) is 0. The van der Waals surface area contributed by atoms with Crippen molar-refractivity contribution in [2.75, 3.05) is 172 Å². The highest BCUT2D eigenvalue weighted by atomic mass is 16.6. The minimum absolute atomic E-state index is 0.00590. The van der Waals surface area contributed by atoms with E-state index < -0.39 is 58.8 Å². The summed E-state index contributed by atoms with van der Waals surface area (Å²) in [7, 11) is 0. The molecule has 0 unspecified atom stereocenters. The molecule has 0 aromatic heterocycles. The van der Waals surface area contributed by atoms with Gasteiger partial charge in [-0.2, -0.15) is 0 Å². The van der Waals surface area contributed by atoms with Crippen LogP contribution in [0.3, 0.4) is 0 Å². The van der Waals surface area contributed by atoms with Crippen LogP contribution in [0, 0.1) is 10.8 Å². The fourth-order valence-electron chi connectivity index (χ4n) is 5.84. The molecular formula is C52H80N2O24.